The third-order valence-corrected chi connectivity index (χ3v) is 4.47. The van der Waals surface area contributed by atoms with Gasteiger partial charge < -0.3 is 5.73 Å². The van der Waals surface area contributed by atoms with Gasteiger partial charge in [0.25, 0.3) is 10.0 Å². The maximum atomic E-state index is 13.9. The number of sulfonamides is 1. The van der Waals surface area contributed by atoms with Crippen molar-refractivity contribution >= 4 is 37.3 Å². The van der Waals surface area contributed by atoms with Crippen molar-refractivity contribution in [2.45, 2.75) is 18.4 Å². The highest BCUT2D eigenvalue weighted by Crippen LogP contribution is 2.27. The van der Waals surface area contributed by atoms with E-state index >= 15 is 0 Å². The smallest absolute Gasteiger partial charge is 0.265 e. The van der Waals surface area contributed by atoms with Crippen LogP contribution in [-0.2, 0) is 16.6 Å². The van der Waals surface area contributed by atoms with Crippen molar-refractivity contribution in [2.24, 2.45) is 0 Å². The molecule has 2 aromatic rings. The second kappa shape index (κ2) is 5.41. The summed E-state index contributed by atoms with van der Waals surface area (Å²) in [6.45, 7) is 2.46. The van der Waals surface area contributed by atoms with Crippen LogP contribution in [0.4, 0.5) is 15.8 Å². The standard InChI is InChI=1S/C11H12BrFN4O2S/c1-2-17-6-8(5-15-17)16-20(18,19)10-4-7(14)3-9(12)11(10)13/h3-6,16H,2,14H2,1H3. The van der Waals surface area contributed by atoms with Crippen LogP contribution in [0.15, 0.2) is 33.9 Å². The first-order valence-corrected chi connectivity index (χ1v) is 7.91. The van der Waals surface area contributed by atoms with Gasteiger partial charge in [0.05, 0.1) is 16.4 Å². The highest BCUT2D eigenvalue weighted by atomic mass is 79.9. The van der Waals surface area contributed by atoms with Gasteiger partial charge in [-0.1, -0.05) is 0 Å². The van der Waals surface area contributed by atoms with E-state index in [9.17, 15) is 12.8 Å². The summed E-state index contributed by atoms with van der Waals surface area (Å²) in [5.41, 5.74) is 5.93. The molecule has 0 radical (unpaired) electrons. The summed E-state index contributed by atoms with van der Waals surface area (Å²) in [4.78, 5) is -0.520. The van der Waals surface area contributed by atoms with Gasteiger partial charge in [-0.05, 0) is 35.0 Å². The van der Waals surface area contributed by atoms with Crippen LogP contribution in [0.2, 0.25) is 0 Å². The highest BCUT2D eigenvalue weighted by Gasteiger charge is 2.22. The Hall–Kier alpha value is -1.61. The molecule has 0 fully saturated rings. The van der Waals surface area contributed by atoms with E-state index in [2.05, 4.69) is 25.8 Å². The molecule has 0 saturated carbocycles. The Morgan fingerprint density at radius 1 is 1.50 bits per heavy atom. The number of hydrogen-bond donors (Lipinski definition) is 2. The van der Waals surface area contributed by atoms with Crippen molar-refractivity contribution in [3.05, 3.63) is 34.8 Å². The van der Waals surface area contributed by atoms with Crippen LogP contribution in [0.3, 0.4) is 0 Å². The zero-order valence-corrected chi connectivity index (χ0v) is 12.9. The van der Waals surface area contributed by atoms with Crippen molar-refractivity contribution in [1.82, 2.24) is 9.78 Å². The molecule has 0 amide bonds. The quantitative estimate of drug-likeness (QED) is 0.815. The fourth-order valence-corrected chi connectivity index (χ4v) is 3.35. The average molecular weight is 363 g/mol. The van der Waals surface area contributed by atoms with Crippen LogP contribution in [0, 0.1) is 5.82 Å². The third-order valence-electron chi connectivity index (χ3n) is 2.52. The van der Waals surface area contributed by atoms with Gasteiger partial charge >= 0.3 is 0 Å². The number of rotatable bonds is 4. The van der Waals surface area contributed by atoms with Gasteiger partial charge in [-0.3, -0.25) is 9.40 Å². The molecule has 20 heavy (non-hydrogen) atoms. The average Bonchev–Trinajstić information content (AvgIpc) is 2.80. The van der Waals surface area contributed by atoms with Crippen LogP contribution in [0.25, 0.3) is 0 Å². The highest BCUT2D eigenvalue weighted by molar-refractivity contribution is 9.10. The van der Waals surface area contributed by atoms with Gasteiger partial charge in [0.1, 0.15) is 4.90 Å². The molecule has 0 aliphatic rings. The Morgan fingerprint density at radius 3 is 2.80 bits per heavy atom. The fraction of sp³-hybridized carbons (Fsp3) is 0.182. The lowest BCUT2D eigenvalue weighted by Crippen LogP contribution is -2.15. The van der Waals surface area contributed by atoms with E-state index < -0.39 is 20.7 Å². The molecule has 0 spiro atoms. The van der Waals surface area contributed by atoms with Gasteiger partial charge in [0.2, 0.25) is 0 Å². The van der Waals surface area contributed by atoms with Crippen molar-refractivity contribution in [2.75, 3.05) is 10.5 Å². The monoisotopic (exact) mass is 362 g/mol. The zero-order valence-electron chi connectivity index (χ0n) is 10.5. The topological polar surface area (TPSA) is 90.0 Å². The Balaban J connectivity index is 2.40. The van der Waals surface area contributed by atoms with Crippen LogP contribution in [-0.4, -0.2) is 18.2 Å². The molecule has 3 N–H and O–H groups in total. The second-order valence-corrected chi connectivity index (χ2v) is 6.51. The van der Waals surface area contributed by atoms with Crippen LogP contribution >= 0.6 is 15.9 Å². The molecule has 0 aliphatic heterocycles. The molecular weight excluding hydrogens is 351 g/mol. The number of nitrogens with two attached hydrogens (primary N) is 1. The predicted molar refractivity (Wildman–Crippen MR) is 77.2 cm³/mol. The number of aryl methyl sites for hydroxylation is 1. The summed E-state index contributed by atoms with van der Waals surface area (Å²) < 4.78 is 42.0. The lowest BCUT2D eigenvalue weighted by Gasteiger charge is -2.09. The Morgan fingerprint density at radius 2 is 2.20 bits per heavy atom. The van der Waals surface area contributed by atoms with Crippen molar-refractivity contribution in [1.29, 1.82) is 0 Å². The van der Waals surface area contributed by atoms with Gasteiger partial charge in [0.15, 0.2) is 5.82 Å². The first-order valence-electron chi connectivity index (χ1n) is 5.63. The molecule has 108 valence electrons. The Bertz CT molecular complexity index is 745. The third kappa shape index (κ3) is 2.93. The number of nitrogens with zero attached hydrogens (tertiary/aromatic N) is 2. The van der Waals surface area contributed by atoms with Gasteiger partial charge in [0, 0.05) is 18.4 Å². The summed E-state index contributed by atoms with van der Waals surface area (Å²) >= 11 is 2.93. The van der Waals surface area contributed by atoms with Crippen LogP contribution in [0.5, 0.6) is 0 Å². The fourth-order valence-electron chi connectivity index (χ4n) is 1.58. The number of halogens is 2. The molecule has 0 aliphatic carbocycles. The summed E-state index contributed by atoms with van der Waals surface area (Å²) in [5, 5.41) is 3.93. The minimum atomic E-state index is -4.07. The molecular formula is C11H12BrFN4O2S. The number of nitrogen functional groups attached to an aromatic ring is 1. The predicted octanol–water partition coefficient (Wildman–Crippen LogP) is 2.19. The van der Waals surface area contributed by atoms with E-state index in [1.807, 2.05) is 6.92 Å². The molecule has 9 heteroatoms. The van der Waals surface area contributed by atoms with E-state index in [0.29, 0.717) is 6.54 Å². The Kier molecular flexibility index (Phi) is 4.00. The maximum absolute atomic E-state index is 13.9. The second-order valence-electron chi connectivity index (χ2n) is 4.01. The number of nitrogens with one attached hydrogen (secondary N) is 1. The number of benzene rings is 1. The normalized spacial score (nSPS) is 11.6. The van der Waals surface area contributed by atoms with E-state index in [0.717, 1.165) is 6.07 Å². The number of hydrogen-bond acceptors (Lipinski definition) is 4. The number of anilines is 2. The lowest BCUT2D eigenvalue weighted by atomic mass is 10.3. The lowest BCUT2D eigenvalue weighted by molar-refractivity contribution is 0.567. The van der Waals surface area contributed by atoms with Crippen LogP contribution < -0.4 is 10.5 Å². The zero-order chi connectivity index (χ0) is 14.9. The van der Waals surface area contributed by atoms with Crippen molar-refractivity contribution in [3.8, 4) is 0 Å². The van der Waals surface area contributed by atoms with E-state index in [1.54, 1.807) is 4.68 Å². The summed E-state index contributed by atoms with van der Waals surface area (Å²) in [6.07, 6.45) is 2.86. The molecule has 1 aromatic carbocycles. The van der Waals surface area contributed by atoms with Crippen molar-refractivity contribution < 1.29 is 12.8 Å². The van der Waals surface area contributed by atoms with E-state index in [-0.39, 0.29) is 15.8 Å². The van der Waals surface area contributed by atoms with E-state index in [1.165, 1.54) is 18.5 Å². The Labute approximate surface area is 124 Å². The molecule has 0 unspecified atom stereocenters. The first-order chi connectivity index (χ1) is 9.33. The molecule has 0 atom stereocenters. The molecule has 6 nitrogen and oxygen atoms in total. The van der Waals surface area contributed by atoms with Gasteiger partial charge in [-0.15, -0.1) is 0 Å². The first kappa shape index (κ1) is 14.8. The molecule has 0 saturated heterocycles. The summed E-state index contributed by atoms with van der Waals surface area (Å²) in [6, 6.07) is 2.36. The molecule has 2 rings (SSSR count). The summed E-state index contributed by atoms with van der Waals surface area (Å²) in [7, 11) is -4.07. The molecule has 1 heterocycles. The molecule has 1 aromatic heterocycles. The minimum absolute atomic E-state index is 0.0119. The van der Waals surface area contributed by atoms with E-state index in [4.69, 9.17) is 5.73 Å². The molecule has 0 bridgehead atoms. The van der Waals surface area contributed by atoms with Gasteiger partial charge in [-0.2, -0.15) is 5.10 Å². The van der Waals surface area contributed by atoms with Crippen LogP contribution in [0.1, 0.15) is 6.92 Å². The minimum Gasteiger partial charge on any atom is -0.399 e. The summed E-state index contributed by atoms with van der Waals surface area (Å²) in [5.74, 6) is -0.894. The SMILES string of the molecule is CCn1cc(NS(=O)(=O)c2cc(N)cc(Br)c2F)cn1. The van der Waals surface area contributed by atoms with Crippen molar-refractivity contribution in [3.63, 3.8) is 0 Å². The van der Waals surface area contributed by atoms with Gasteiger partial charge in [-0.25, -0.2) is 12.8 Å². The number of aromatic nitrogens is 2. The maximum Gasteiger partial charge on any atom is 0.265 e. The largest absolute Gasteiger partial charge is 0.399 e.